The predicted octanol–water partition coefficient (Wildman–Crippen LogP) is 19.2. The Kier molecular flexibility index (Phi) is 54.7. The summed E-state index contributed by atoms with van der Waals surface area (Å²) in [6, 6.07) is 0. The smallest absolute Gasteiger partial charge is 0.306 e. The Morgan fingerprint density at radius 1 is 0.427 bits per heavy atom. The molecule has 2 atom stereocenters. The highest BCUT2D eigenvalue weighted by Gasteiger charge is 2.22. The van der Waals surface area contributed by atoms with Crippen LogP contribution < -0.4 is 4.89 Å². The number of ether oxygens (including phenoxy) is 2. The van der Waals surface area contributed by atoms with Gasteiger partial charge < -0.3 is 27.9 Å². The molecule has 0 bridgehead atoms. The molecule has 0 fully saturated rings. The number of hydrogen-bond acceptors (Lipinski definition) is 8. The Labute approximate surface area is 464 Å². The number of hydrogen-bond donors (Lipinski definition) is 0. The minimum Gasteiger partial charge on any atom is -0.756 e. The van der Waals surface area contributed by atoms with Crippen molar-refractivity contribution in [3.63, 3.8) is 0 Å². The van der Waals surface area contributed by atoms with Crippen LogP contribution in [0.5, 0.6) is 0 Å². The van der Waals surface area contributed by atoms with E-state index in [1.165, 1.54) is 180 Å². The van der Waals surface area contributed by atoms with Crippen LogP contribution in [0.3, 0.4) is 0 Å². The molecule has 0 radical (unpaired) electrons. The highest BCUT2D eigenvalue weighted by molar-refractivity contribution is 7.45. The minimum absolute atomic E-state index is 0.0309. The molecular formula is C65H120NO8P. The number of rotatable bonds is 58. The van der Waals surface area contributed by atoms with Gasteiger partial charge in [-0.3, -0.25) is 14.2 Å². The molecule has 0 saturated heterocycles. The second-order valence-corrected chi connectivity index (χ2v) is 23.8. The lowest BCUT2D eigenvalue weighted by atomic mass is 10.0. The summed E-state index contributed by atoms with van der Waals surface area (Å²) >= 11 is 0. The first-order valence-corrected chi connectivity index (χ1v) is 33.0. The van der Waals surface area contributed by atoms with Crippen LogP contribution in [0.2, 0.25) is 0 Å². The normalized spacial score (nSPS) is 13.6. The van der Waals surface area contributed by atoms with Gasteiger partial charge >= 0.3 is 11.9 Å². The molecule has 0 aliphatic carbocycles. The summed E-state index contributed by atoms with van der Waals surface area (Å²) in [4.78, 5) is 37.8. The molecule has 0 aliphatic heterocycles. The van der Waals surface area contributed by atoms with Crippen molar-refractivity contribution >= 4 is 19.8 Å². The monoisotopic (exact) mass is 1070 g/mol. The van der Waals surface area contributed by atoms with Crippen molar-refractivity contribution in [2.24, 2.45) is 0 Å². The third-order valence-corrected chi connectivity index (χ3v) is 14.7. The number of esters is 2. The molecule has 0 amide bonds. The molecule has 75 heavy (non-hydrogen) atoms. The van der Waals surface area contributed by atoms with E-state index in [1.54, 1.807) is 0 Å². The van der Waals surface area contributed by atoms with Crippen molar-refractivity contribution in [1.29, 1.82) is 0 Å². The van der Waals surface area contributed by atoms with Crippen molar-refractivity contribution in [1.82, 2.24) is 0 Å². The number of likely N-dealkylation sites (N-methyl/N-ethyl adjacent to an activating group) is 1. The van der Waals surface area contributed by atoms with Crippen molar-refractivity contribution < 1.29 is 42.1 Å². The number of unbranched alkanes of at least 4 members (excludes halogenated alkanes) is 34. The Bertz CT molecular complexity index is 1450. The van der Waals surface area contributed by atoms with E-state index in [9.17, 15) is 19.0 Å². The van der Waals surface area contributed by atoms with Gasteiger partial charge in [0, 0.05) is 12.8 Å². The van der Waals surface area contributed by atoms with Crippen LogP contribution in [0.1, 0.15) is 290 Å². The third-order valence-electron chi connectivity index (χ3n) is 13.8. The summed E-state index contributed by atoms with van der Waals surface area (Å²) in [6.07, 6.45) is 73.0. The molecule has 0 spiro atoms. The molecule has 438 valence electrons. The van der Waals surface area contributed by atoms with Crippen LogP contribution in [-0.2, 0) is 32.7 Å². The summed E-state index contributed by atoms with van der Waals surface area (Å²) < 4.78 is 34.1. The van der Waals surface area contributed by atoms with Crippen LogP contribution in [-0.4, -0.2) is 70.0 Å². The molecule has 0 N–H and O–H groups in total. The summed E-state index contributed by atoms with van der Waals surface area (Å²) in [5.74, 6) is -0.832. The van der Waals surface area contributed by atoms with Crippen LogP contribution in [0.25, 0.3) is 0 Å². The van der Waals surface area contributed by atoms with Gasteiger partial charge in [0.1, 0.15) is 19.8 Å². The van der Waals surface area contributed by atoms with E-state index in [0.717, 1.165) is 77.0 Å². The van der Waals surface area contributed by atoms with Crippen molar-refractivity contribution in [2.75, 3.05) is 47.5 Å². The fourth-order valence-corrected chi connectivity index (χ4v) is 9.67. The molecule has 10 heteroatoms. The summed E-state index contributed by atoms with van der Waals surface area (Å²) in [7, 11) is 1.17. The highest BCUT2D eigenvalue weighted by Crippen LogP contribution is 2.38. The molecule has 0 saturated carbocycles. The molecule has 0 heterocycles. The molecule has 9 nitrogen and oxygen atoms in total. The van der Waals surface area contributed by atoms with E-state index in [2.05, 4.69) is 74.6 Å². The molecule has 0 aromatic heterocycles. The lowest BCUT2D eigenvalue weighted by molar-refractivity contribution is -0.870. The van der Waals surface area contributed by atoms with Crippen molar-refractivity contribution in [2.45, 2.75) is 296 Å². The second kappa shape index (κ2) is 56.4. The molecule has 0 aromatic rings. The number of phosphoric ester groups is 1. The van der Waals surface area contributed by atoms with Crippen LogP contribution in [0.15, 0.2) is 60.8 Å². The van der Waals surface area contributed by atoms with E-state index in [4.69, 9.17) is 18.5 Å². The van der Waals surface area contributed by atoms with Crippen LogP contribution >= 0.6 is 7.82 Å². The first kappa shape index (κ1) is 72.7. The SMILES string of the molecule is CC/C=C\C/C=C\C/C=C\C/C=C\CCCCCCCCCCCCCCCCCCCCCCCCCCC(=O)OC(COC(=O)CCCCCCC/C=C\CCCCCCC)COP(=O)([O-])OCC[N+](C)(C)C. The van der Waals surface area contributed by atoms with E-state index < -0.39 is 26.5 Å². The zero-order valence-corrected chi connectivity index (χ0v) is 50.6. The van der Waals surface area contributed by atoms with E-state index in [0.29, 0.717) is 17.4 Å². The first-order chi connectivity index (χ1) is 36.5. The van der Waals surface area contributed by atoms with Gasteiger partial charge in [-0.25, -0.2) is 0 Å². The maximum absolute atomic E-state index is 12.8. The van der Waals surface area contributed by atoms with Crippen molar-refractivity contribution in [3.8, 4) is 0 Å². The van der Waals surface area contributed by atoms with Gasteiger partial charge in [0.15, 0.2) is 6.10 Å². The summed E-state index contributed by atoms with van der Waals surface area (Å²) in [6.45, 7) is 4.14. The topological polar surface area (TPSA) is 111 Å². The summed E-state index contributed by atoms with van der Waals surface area (Å²) in [5, 5.41) is 0. The molecule has 2 unspecified atom stereocenters. The standard InChI is InChI=1S/C65H120NO8P/c1-6-8-10-12-14-16-18-20-22-23-24-25-26-27-28-29-30-31-32-33-34-35-36-37-38-39-40-41-42-43-44-46-48-50-52-54-56-58-65(68)74-63(62-73-75(69,70)72-60-59-66(3,4)5)61-71-64(67)57-55-53-51-49-47-45-21-19-17-15-13-11-9-7-2/h8,10,14,16,19-22,24-25,63H,6-7,9,11-13,15,17-18,23,26-62H2,1-5H3/b10-8-,16-14-,21-19-,22-20-,25-24-. The fraction of sp³-hybridized carbons (Fsp3) is 0.815. The first-order valence-electron chi connectivity index (χ1n) is 31.5. The zero-order chi connectivity index (χ0) is 54.9. The van der Waals surface area contributed by atoms with E-state index in [1.807, 2.05) is 21.1 Å². The third kappa shape index (κ3) is 60.8. The fourth-order valence-electron chi connectivity index (χ4n) is 8.94. The molecular weight excluding hydrogens is 954 g/mol. The minimum atomic E-state index is -4.63. The number of allylic oxidation sites excluding steroid dienone is 10. The van der Waals surface area contributed by atoms with Crippen LogP contribution in [0.4, 0.5) is 0 Å². The Morgan fingerprint density at radius 3 is 1.15 bits per heavy atom. The Morgan fingerprint density at radius 2 is 0.760 bits per heavy atom. The maximum Gasteiger partial charge on any atom is 0.306 e. The molecule has 0 aliphatic rings. The van der Waals surface area contributed by atoms with E-state index >= 15 is 0 Å². The predicted molar refractivity (Wildman–Crippen MR) is 319 cm³/mol. The number of phosphoric acid groups is 1. The number of nitrogens with zero attached hydrogens (tertiary/aromatic N) is 1. The summed E-state index contributed by atoms with van der Waals surface area (Å²) in [5.41, 5.74) is 0. The Hall–Kier alpha value is -2.29. The van der Waals surface area contributed by atoms with Gasteiger partial charge in [0.25, 0.3) is 7.82 Å². The van der Waals surface area contributed by atoms with Crippen LogP contribution in [0, 0.1) is 0 Å². The number of quaternary nitrogens is 1. The quantitative estimate of drug-likeness (QED) is 0.0195. The van der Waals surface area contributed by atoms with Gasteiger partial charge in [-0.05, 0) is 77.0 Å². The maximum atomic E-state index is 12.8. The van der Waals surface area contributed by atoms with Crippen molar-refractivity contribution in [3.05, 3.63) is 60.8 Å². The van der Waals surface area contributed by atoms with Gasteiger partial charge in [-0.1, -0.05) is 261 Å². The van der Waals surface area contributed by atoms with Gasteiger partial charge in [-0.15, -0.1) is 0 Å². The number of carbonyl (C=O) groups excluding carboxylic acids is 2. The van der Waals surface area contributed by atoms with Gasteiger partial charge in [0.05, 0.1) is 27.7 Å². The largest absolute Gasteiger partial charge is 0.756 e. The average Bonchev–Trinajstić information content (AvgIpc) is 3.37. The van der Waals surface area contributed by atoms with Gasteiger partial charge in [0.2, 0.25) is 0 Å². The lowest BCUT2D eigenvalue weighted by Crippen LogP contribution is -2.37. The zero-order valence-electron chi connectivity index (χ0n) is 49.7. The molecule has 0 aromatic carbocycles. The number of carbonyl (C=O) groups is 2. The second-order valence-electron chi connectivity index (χ2n) is 22.4. The highest BCUT2D eigenvalue weighted by atomic mass is 31.2. The van der Waals surface area contributed by atoms with Gasteiger partial charge in [-0.2, -0.15) is 0 Å². The average molecular weight is 1070 g/mol. The van der Waals surface area contributed by atoms with E-state index in [-0.39, 0.29) is 32.0 Å². The Balaban J connectivity index is 3.93. The molecule has 0 rings (SSSR count). The lowest BCUT2D eigenvalue weighted by Gasteiger charge is -2.28.